The Morgan fingerprint density at radius 1 is 1.42 bits per heavy atom. The highest BCUT2D eigenvalue weighted by atomic mass is 35.5. The van der Waals surface area contributed by atoms with E-state index >= 15 is 0 Å². The van der Waals surface area contributed by atoms with Gasteiger partial charge in [-0.05, 0) is 26.8 Å². The fraction of sp³-hybridized carbons (Fsp3) is 0.462. The Balaban J connectivity index is 2.86. The van der Waals surface area contributed by atoms with Gasteiger partial charge >= 0.3 is 0 Å². The molecule has 6 heteroatoms. The number of hydrogen-bond acceptors (Lipinski definition) is 3. The van der Waals surface area contributed by atoms with Crippen molar-refractivity contribution in [2.45, 2.75) is 20.8 Å². The Hall–Kier alpha value is -1.62. The lowest BCUT2D eigenvalue weighted by molar-refractivity contribution is -0.121. The monoisotopic (exact) mass is 283 g/mol. The number of hydrogen-bond donors (Lipinski definition) is 1. The van der Waals surface area contributed by atoms with Gasteiger partial charge < -0.3 is 10.2 Å². The molecule has 0 aromatic carbocycles. The Labute approximate surface area is 118 Å². The largest absolute Gasteiger partial charge is 0.355 e. The van der Waals surface area contributed by atoms with Gasteiger partial charge in [-0.25, -0.2) is 0 Å². The van der Waals surface area contributed by atoms with Crippen LogP contribution in [0, 0.1) is 6.92 Å². The van der Waals surface area contributed by atoms with Crippen LogP contribution >= 0.6 is 11.6 Å². The predicted octanol–water partition coefficient (Wildman–Crippen LogP) is 1.64. The molecule has 0 aliphatic carbocycles. The molecular formula is C13H18ClN3O2. The maximum Gasteiger partial charge on any atom is 0.257 e. The molecule has 0 spiro atoms. The third kappa shape index (κ3) is 4.21. The standard InChI is InChI=1S/C13H18ClN3O2/c1-4-15-12(18)8-17(5-2)13(19)10-7-16-9(3)6-11(10)14/h6-7H,4-5,8H2,1-3H3,(H,15,18). The van der Waals surface area contributed by atoms with Gasteiger partial charge in [-0.3, -0.25) is 14.6 Å². The zero-order valence-electron chi connectivity index (χ0n) is 11.4. The zero-order valence-corrected chi connectivity index (χ0v) is 12.1. The van der Waals surface area contributed by atoms with Crippen molar-refractivity contribution in [2.75, 3.05) is 19.6 Å². The number of nitrogens with zero attached hydrogens (tertiary/aromatic N) is 2. The molecule has 1 N–H and O–H groups in total. The number of nitrogens with one attached hydrogen (secondary N) is 1. The number of halogens is 1. The van der Waals surface area contributed by atoms with E-state index in [1.807, 2.05) is 13.8 Å². The molecule has 5 nitrogen and oxygen atoms in total. The van der Waals surface area contributed by atoms with Gasteiger partial charge in [0.1, 0.15) is 0 Å². The van der Waals surface area contributed by atoms with Crippen LogP contribution in [0.15, 0.2) is 12.3 Å². The maximum absolute atomic E-state index is 12.3. The minimum atomic E-state index is -0.286. The van der Waals surface area contributed by atoms with E-state index in [2.05, 4.69) is 10.3 Å². The zero-order chi connectivity index (χ0) is 14.4. The molecule has 104 valence electrons. The van der Waals surface area contributed by atoms with Crippen molar-refractivity contribution in [2.24, 2.45) is 0 Å². The normalized spacial score (nSPS) is 10.1. The first-order chi connectivity index (χ1) is 8.99. The quantitative estimate of drug-likeness (QED) is 0.894. The number of aryl methyl sites for hydroxylation is 1. The number of rotatable bonds is 5. The van der Waals surface area contributed by atoms with Crippen LogP contribution in [0.5, 0.6) is 0 Å². The SMILES string of the molecule is CCNC(=O)CN(CC)C(=O)c1cnc(C)cc1Cl. The minimum Gasteiger partial charge on any atom is -0.355 e. The predicted molar refractivity (Wildman–Crippen MR) is 74.2 cm³/mol. The molecule has 0 atom stereocenters. The lowest BCUT2D eigenvalue weighted by Crippen LogP contribution is -2.40. The highest BCUT2D eigenvalue weighted by Gasteiger charge is 2.19. The highest BCUT2D eigenvalue weighted by molar-refractivity contribution is 6.33. The van der Waals surface area contributed by atoms with Crippen molar-refractivity contribution in [1.29, 1.82) is 0 Å². The Morgan fingerprint density at radius 3 is 2.63 bits per heavy atom. The number of likely N-dealkylation sites (N-methyl/N-ethyl adjacent to an activating group) is 2. The second kappa shape index (κ2) is 7.09. The van der Waals surface area contributed by atoms with E-state index in [0.717, 1.165) is 5.69 Å². The van der Waals surface area contributed by atoms with E-state index in [9.17, 15) is 9.59 Å². The van der Waals surface area contributed by atoms with Crippen molar-refractivity contribution in [3.05, 3.63) is 28.5 Å². The third-order valence-corrected chi connectivity index (χ3v) is 2.91. The average molecular weight is 284 g/mol. The average Bonchev–Trinajstić information content (AvgIpc) is 2.35. The summed E-state index contributed by atoms with van der Waals surface area (Å²) in [4.78, 5) is 29.3. The van der Waals surface area contributed by atoms with Crippen molar-refractivity contribution in [1.82, 2.24) is 15.2 Å². The van der Waals surface area contributed by atoms with Gasteiger partial charge in [-0.15, -0.1) is 0 Å². The summed E-state index contributed by atoms with van der Waals surface area (Å²) in [6.45, 7) is 6.43. The fourth-order valence-corrected chi connectivity index (χ4v) is 1.90. The molecule has 1 aromatic heterocycles. The first-order valence-electron chi connectivity index (χ1n) is 6.17. The van der Waals surface area contributed by atoms with E-state index in [0.29, 0.717) is 23.7 Å². The summed E-state index contributed by atoms with van der Waals surface area (Å²) < 4.78 is 0. The topological polar surface area (TPSA) is 62.3 Å². The van der Waals surface area contributed by atoms with Gasteiger partial charge in [0.25, 0.3) is 5.91 Å². The second-order valence-corrected chi connectivity index (χ2v) is 4.49. The molecule has 0 fully saturated rings. The Morgan fingerprint density at radius 2 is 2.11 bits per heavy atom. The summed E-state index contributed by atoms with van der Waals surface area (Å²) in [6.07, 6.45) is 1.44. The summed E-state index contributed by atoms with van der Waals surface area (Å²) in [5.41, 5.74) is 1.06. The number of pyridine rings is 1. The molecule has 0 aliphatic heterocycles. The smallest absolute Gasteiger partial charge is 0.257 e. The summed E-state index contributed by atoms with van der Waals surface area (Å²) in [7, 11) is 0. The van der Waals surface area contributed by atoms with E-state index in [1.54, 1.807) is 13.0 Å². The van der Waals surface area contributed by atoms with Crippen molar-refractivity contribution >= 4 is 23.4 Å². The number of carbonyl (C=O) groups is 2. The molecule has 1 rings (SSSR count). The molecular weight excluding hydrogens is 266 g/mol. The lowest BCUT2D eigenvalue weighted by atomic mass is 10.2. The van der Waals surface area contributed by atoms with Gasteiger partial charge in [-0.2, -0.15) is 0 Å². The van der Waals surface area contributed by atoms with Crippen LogP contribution in [-0.4, -0.2) is 41.3 Å². The molecule has 0 radical (unpaired) electrons. The molecule has 0 bridgehead atoms. The maximum atomic E-state index is 12.3. The summed E-state index contributed by atoms with van der Waals surface area (Å²) >= 11 is 6.04. The first kappa shape index (κ1) is 15.4. The molecule has 0 unspecified atom stereocenters. The lowest BCUT2D eigenvalue weighted by Gasteiger charge is -2.20. The van der Waals surface area contributed by atoms with Gasteiger partial charge in [0.15, 0.2) is 0 Å². The third-order valence-electron chi connectivity index (χ3n) is 2.60. The molecule has 19 heavy (non-hydrogen) atoms. The molecule has 1 heterocycles. The van der Waals surface area contributed by atoms with Gasteiger partial charge in [0.05, 0.1) is 17.1 Å². The summed E-state index contributed by atoms with van der Waals surface area (Å²) in [5.74, 6) is -0.472. The molecule has 2 amide bonds. The summed E-state index contributed by atoms with van der Waals surface area (Å²) in [6, 6.07) is 1.63. The van der Waals surface area contributed by atoms with Crippen LogP contribution in [0.4, 0.5) is 0 Å². The van der Waals surface area contributed by atoms with Crippen LogP contribution in [0.25, 0.3) is 0 Å². The minimum absolute atomic E-state index is 0.0212. The van der Waals surface area contributed by atoms with Gasteiger partial charge in [-0.1, -0.05) is 11.6 Å². The summed E-state index contributed by atoms with van der Waals surface area (Å²) in [5, 5.41) is 3.01. The molecule has 0 aliphatic rings. The van der Waals surface area contributed by atoms with E-state index in [1.165, 1.54) is 11.1 Å². The highest BCUT2D eigenvalue weighted by Crippen LogP contribution is 2.17. The van der Waals surface area contributed by atoms with Gasteiger partial charge in [0.2, 0.25) is 5.91 Å². The molecule has 1 aromatic rings. The number of carbonyl (C=O) groups excluding carboxylic acids is 2. The Bertz CT molecular complexity index is 477. The van der Waals surface area contributed by atoms with Crippen molar-refractivity contribution in [3.63, 3.8) is 0 Å². The van der Waals surface area contributed by atoms with Crippen molar-refractivity contribution < 1.29 is 9.59 Å². The second-order valence-electron chi connectivity index (χ2n) is 4.08. The fourth-order valence-electron chi connectivity index (χ4n) is 1.61. The Kier molecular flexibility index (Phi) is 5.76. The molecule has 0 saturated heterocycles. The molecule has 0 saturated carbocycles. The number of aromatic nitrogens is 1. The van der Waals surface area contributed by atoms with Crippen molar-refractivity contribution in [3.8, 4) is 0 Å². The van der Waals surface area contributed by atoms with Crippen LogP contribution < -0.4 is 5.32 Å². The first-order valence-corrected chi connectivity index (χ1v) is 6.55. The van der Waals surface area contributed by atoms with Crippen LogP contribution in [0.3, 0.4) is 0 Å². The van der Waals surface area contributed by atoms with E-state index in [4.69, 9.17) is 11.6 Å². The van der Waals surface area contributed by atoms with E-state index < -0.39 is 0 Å². The van der Waals surface area contributed by atoms with Crippen LogP contribution in [-0.2, 0) is 4.79 Å². The van der Waals surface area contributed by atoms with E-state index in [-0.39, 0.29) is 18.4 Å². The van der Waals surface area contributed by atoms with Crippen LogP contribution in [0.2, 0.25) is 5.02 Å². The van der Waals surface area contributed by atoms with Gasteiger partial charge in [0, 0.05) is 25.0 Å². The number of amides is 2. The van der Waals surface area contributed by atoms with Crippen LogP contribution in [0.1, 0.15) is 29.9 Å².